The summed E-state index contributed by atoms with van der Waals surface area (Å²) in [6.45, 7) is 9.63. The number of anilines is 1. The Balaban J connectivity index is 1.91. The van der Waals surface area contributed by atoms with E-state index in [-0.39, 0.29) is 17.4 Å². The van der Waals surface area contributed by atoms with E-state index in [0.29, 0.717) is 22.6 Å². The molecule has 0 radical (unpaired) electrons. The van der Waals surface area contributed by atoms with Crippen LogP contribution in [0.4, 0.5) is 5.69 Å². The van der Waals surface area contributed by atoms with E-state index in [1.165, 1.54) is 4.90 Å². The average molecular weight is 457 g/mol. The molecule has 174 valence electrons. The Hall–Kier alpha value is -3.93. The van der Waals surface area contributed by atoms with Gasteiger partial charge in [-0.1, -0.05) is 18.2 Å². The number of carbonyl (C=O) groups excluding carboxylic acids is 2. The highest BCUT2D eigenvalue weighted by molar-refractivity contribution is 6.51. The van der Waals surface area contributed by atoms with Gasteiger partial charge in [-0.05, 0) is 87.2 Å². The highest BCUT2D eigenvalue weighted by Gasteiger charge is 2.47. The molecule has 1 aromatic heterocycles. The highest BCUT2D eigenvalue weighted by Crippen LogP contribution is 2.43. The minimum atomic E-state index is -0.805. The van der Waals surface area contributed by atoms with Gasteiger partial charge in [0, 0.05) is 23.6 Å². The third kappa shape index (κ3) is 4.07. The van der Waals surface area contributed by atoms with Crippen LogP contribution in [0.5, 0.6) is 5.75 Å². The number of Topliss-reactive ketones (excluding diaryl/α,β-unsaturated/α-hetero) is 1. The molecular formula is C28H28N2O4. The van der Waals surface area contributed by atoms with Crippen LogP contribution in [0.1, 0.15) is 47.7 Å². The van der Waals surface area contributed by atoms with E-state index >= 15 is 0 Å². The number of aliphatic hydroxyl groups excluding tert-OH is 1. The van der Waals surface area contributed by atoms with E-state index in [2.05, 4.69) is 4.98 Å². The van der Waals surface area contributed by atoms with Gasteiger partial charge in [-0.3, -0.25) is 19.5 Å². The molecule has 1 aliphatic rings. The fourth-order valence-corrected chi connectivity index (χ4v) is 4.27. The van der Waals surface area contributed by atoms with E-state index in [9.17, 15) is 14.7 Å². The molecular weight excluding hydrogens is 428 g/mol. The van der Waals surface area contributed by atoms with Gasteiger partial charge in [0.05, 0.1) is 17.7 Å². The maximum atomic E-state index is 13.3. The van der Waals surface area contributed by atoms with Crippen molar-refractivity contribution in [3.05, 3.63) is 94.3 Å². The van der Waals surface area contributed by atoms with Gasteiger partial charge in [-0.25, -0.2) is 0 Å². The summed E-state index contributed by atoms with van der Waals surface area (Å²) in [5.41, 5.74) is 4.47. The van der Waals surface area contributed by atoms with Gasteiger partial charge in [-0.2, -0.15) is 0 Å². The minimum Gasteiger partial charge on any atom is -0.507 e. The highest BCUT2D eigenvalue weighted by atomic mass is 16.5. The molecule has 0 spiro atoms. The number of ether oxygens (including phenoxy) is 1. The zero-order chi connectivity index (χ0) is 24.6. The standard InChI is InChI=1S/C28H28N2O4/c1-16(2)34-23-12-11-20(14-18(23)4)26(31)24-25(21-9-7-13-29-15-21)30(28(33)27(24)32)22-10-6-8-17(3)19(22)5/h6-16,25,31H,1-5H3/b26-24+. The van der Waals surface area contributed by atoms with Crippen molar-refractivity contribution in [2.75, 3.05) is 4.90 Å². The van der Waals surface area contributed by atoms with Gasteiger partial charge in [0.25, 0.3) is 11.7 Å². The number of hydrogen-bond acceptors (Lipinski definition) is 5. The second kappa shape index (κ2) is 9.14. The Bertz CT molecular complexity index is 1300. The van der Waals surface area contributed by atoms with Gasteiger partial charge in [0.1, 0.15) is 11.5 Å². The molecule has 0 saturated carbocycles. The van der Waals surface area contributed by atoms with Crippen LogP contribution in [-0.2, 0) is 9.59 Å². The van der Waals surface area contributed by atoms with Crippen molar-refractivity contribution < 1.29 is 19.4 Å². The normalized spacial score (nSPS) is 17.5. The van der Waals surface area contributed by atoms with Crippen molar-refractivity contribution in [2.24, 2.45) is 0 Å². The topological polar surface area (TPSA) is 79.7 Å². The van der Waals surface area contributed by atoms with Gasteiger partial charge < -0.3 is 9.84 Å². The van der Waals surface area contributed by atoms with Crippen LogP contribution in [0.3, 0.4) is 0 Å². The first kappa shape index (κ1) is 23.2. The number of amides is 1. The summed E-state index contributed by atoms with van der Waals surface area (Å²) in [5, 5.41) is 11.3. The lowest BCUT2D eigenvalue weighted by molar-refractivity contribution is -0.132. The number of aliphatic hydroxyl groups is 1. The lowest BCUT2D eigenvalue weighted by Gasteiger charge is -2.27. The van der Waals surface area contributed by atoms with Crippen LogP contribution < -0.4 is 9.64 Å². The summed E-state index contributed by atoms with van der Waals surface area (Å²) >= 11 is 0. The monoisotopic (exact) mass is 456 g/mol. The predicted molar refractivity (Wildman–Crippen MR) is 132 cm³/mol. The van der Waals surface area contributed by atoms with Crippen LogP contribution in [0.15, 0.2) is 66.5 Å². The molecule has 6 heteroatoms. The number of benzene rings is 2. The average Bonchev–Trinajstić information content (AvgIpc) is 3.07. The van der Waals surface area contributed by atoms with Crippen LogP contribution in [0, 0.1) is 20.8 Å². The van der Waals surface area contributed by atoms with Crippen molar-refractivity contribution in [1.29, 1.82) is 0 Å². The summed E-state index contributed by atoms with van der Waals surface area (Å²) in [7, 11) is 0. The smallest absolute Gasteiger partial charge is 0.300 e. The fourth-order valence-electron chi connectivity index (χ4n) is 4.27. The van der Waals surface area contributed by atoms with E-state index in [0.717, 1.165) is 16.7 Å². The maximum absolute atomic E-state index is 13.3. The number of nitrogens with zero attached hydrogens (tertiary/aromatic N) is 2. The van der Waals surface area contributed by atoms with Crippen molar-refractivity contribution >= 4 is 23.1 Å². The first-order valence-corrected chi connectivity index (χ1v) is 11.3. The van der Waals surface area contributed by atoms with Crippen molar-refractivity contribution in [3.63, 3.8) is 0 Å². The molecule has 6 nitrogen and oxygen atoms in total. The number of ketones is 1. The summed E-state index contributed by atoms with van der Waals surface area (Å²) in [6.07, 6.45) is 3.25. The molecule has 2 aromatic carbocycles. The SMILES string of the molecule is Cc1cc(/C(O)=C2\C(=O)C(=O)N(c3cccc(C)c3C)C2c2cccnc2)ccc1OC(C)C. The van der Waals surface area contributed by atoms with Gasteiger partial charge in [0.2, 0.25) is 0 Å². The van der Waals surface area contributed by atoms with Crippen LogP contribution >= 0.6 is 0 Å². The number of carbonyl (C=O) groups is 2. The molecule has 4 rings (SSSR count). The molecule has 0 bridgehead atoms. The van der Waals surface area contributed by atoms with E-state index in [1.807, 2.05) is 52.8 Å². The van der Waals surface area contributed by atoms with Crippen molar-refractivity contribution in [3.8, 4) is 5.75 Å². The Kier molecular flexibility index (Phi) is 6.24. The van der Waals surface area contributed by atoms with Crippen LogP contribution in [-0.4, -0.2) is 27.9 Å². The largest absolute Gasteiger partial charge is 0.507 e. The molecule has 1 N–H and O–H groups in total. The van der Waals surface area contributed by atoms with Gasteiger partial charge >= 0.3 is 0 Å². The van der Waals surface area contributed by atoms with Crippen molar-refractivity contribution in [2.45, 2.75) is 46.8 Å². The molecule has 34 heavy (non-hydrogen) atoms. The third-order valence-corrected chi connectivity index (χ3v) is 6.09. The molecule has 1 fully saturated rings. The summed E-state index contributed by atoms with van der Waals surface area (Å²) in [5.74, 6) is -0.932. The molecule has 0 aliphatic carbocycles. The quantitative estimate of drug-likeness (QED) is 0.315. The number of rotatable bonds is 5. The van der Waals surface area contributed by atoms with Crippen LogP contribution in [0.25, 0.3) is 5.76 Å². The molecule has 1 atom stereocenters. The first-order chi connectivity index (χ1) is 16.2. The summed E-state index contributed by atoms with van der Waals surface area (Å²) in [4.78, 5) is 32.3. The van der Waals surface area contributed by atoms with E-state index in [4.69, 9.17) is 4.74 Å². The molecule has 1 amide bonds. The summed E-state index contributed by atoms with van der Waals surface area (Å²) < 4.78 is 5.80. The zero-order valence-corrected chi connectivity index (χ0v) is 20.0. The van der Waals surface area contributed by atoms with Crippen LogP contribution in [0.2, 0.25) is 0 Å². The summed E-state index contributed by atoms with van der Waals surface area (Å²) in [6, 6.07) is 13.6. The zero-order valence-electron chi connectivity index (χ0n) is 20.0. The second-order valence-corrected chi connectivity index (χ2v) is 8.82. The first-order valence-electron chi connectivity index (χ1n) is 11.3. The molecule has 1 unspecified atom stereocenters. The Labute approximate surface area is 199 Å². The molecule has 3 aromatic rings. The van der Waals surface area contributed by atoms with Gasteiger partial charge in [-0.15, -0.1) is 0 Å². The van der Waals surface area contributed by atoms with E-state index in [1.54, 1.807) is 42.7 Å². The minimum absolute atomic E-state index is 0.00613. The molecule has 2 heterocycles. The Morgan fingerprint density at radius 3 is 2.44 bits per heavy atom. The molecule has 1 saturated heterocycles. The van der Waals surface area contributed by atoms with Crippen molar-refractivity contribution in [1.82, 2.24) is 4.98 Å². The lowest BCUT2D eigenvalue weighted by Crippen LogP contribution is -2.30. The Morgan fingerprint density at radius 2 is 1.79 bits per heavy atom. The number of aromatic nitrogens is 1. The number of aryl methyl sites for hydroxylation is 2. The second-order valence-electron chi connectivity index (χ2n) is 8.82. The molecule has 1 aliphatic heterocycles. The number of hydrogen-bond donors (Lipinski definition) is 1. The third-order valence-electron chi connectivity index (χ3n) is 6.09. The predicted octanol–water partition coefficient (Wildman–Crippen LogP) is 5.42. The fraction of sp³-hybridized carbons (Fsp3) is 0.250. The Morgan fingerprint density at radius 1 is 1.03 bits per heavy atom. The van der Waals surface area contributed by atoms with E-state index < -0.39 is 17.7 Å². The number of pyridine rings is 1. The lowest BCUT2D eigenvalue weighted by atomic mass is 9.95. The van der Waals surface area contributed by atoms with Gasteiger partial charge in [0.15, 0.2) is 0 Å². The maximum Gasteiger partial charge on any atom is 0.300 e.